The van der Waals surface area contributed by atoms with E-state index in [4.69, 9.17) is 12.2 Å². The first-order valence-electron chi connectivity index (χ1n) is 4.68. The Morgan fingerprint density at radius 1 is 1.44 bits per heavy atom. The van der Waals surface area contributed by atoms with E-state index in [0.717, 1.165) is 10.6 Å². The van der Waals surface area contributed by atoms with Gasteiger partial charge in [0.05, 0.1) is 13.0 Å². The molecule has 0 aromatic carbocycles. The standard InChI is InChI=1S/C9H13N3O2S2/c1-5-6(16-9(15)12-5)3-7(13)11-4-8(14)10-2/h3-4H2,1-2H3,(H,10,14)(H,11,13)(H,12,15). The van der Waals surface area contributed by atoms with Crippen LogP contribution in [0.2, 0.25) is 0 Å². The van der Waals surface area contributed by atoms with Gasteiger partial charge in [-0.2, -0.15) is 0 Å². The van der Waals surface area contributed by atoms with E-state index in [0.29, 0.717) is 3.95 Å². The van der Waals surface area contributed by atoms with Crippen molar-refractivity contribution < 1.29 is 9.59 Å². The third-order valence-electron chi connectivity index (χ3n) is 1.97. The molecule has 0 saturated heterocycles. The second-order valence-electron chi connectivity index (χ2n) is 3.19. The predicted octanol–water partition coefficient (Wildman–Crippen LogP) is 0.519. The van der Waals surface area contributed by atoms with E-state index >= 15 is 0 Å². The van der Waals surface area contributed by atoms with Gasteiger partial charge in [0.15, 0.2) is 3.95 Å². The van der Waals surface area contributed by atoms with Crippen LogP contribution in [0.1, 0.15) is 10.6 Å². The Morgan fingerprint density at radius 2 is 2.12 bits per heavy atom. The molecule has 1 rings (SSSR count). The number of thiazole rings is 1. The van der Waals surface area contributed by atoms with Crippen LogP contribution >= 0.6 is 23.6 Å². The fourth-order valence-electron chi connectivity index (χ4n) is 1.08. The first kappa shape index (κ1) is 12.9. The number of nitrogens with one attached hydrogen (secondary N) is 3. The fourth-order valence-corrected chi connectivity index (χ4v) is 2.37. The third kappa shape index (κ3) is 3.74. The van der Waals surface area contributed by atoms with Gasteiger partial charge in [0.25, 0.3) is 0 Å². The Kier molecular flexibility index (Phi) is 4.63. The lowest BCUT2D eigenvalue weighted by Gasteiger charge is -2.03. The summed E-state index contributed by atoms with van der Waals surface area (Å²) in [7, 11) is 1.52. The van der Waals surface area contributed by atoms with Crippen LogP contribution in [0.25, 0.3) is 0 Å². The molecule has 0 bridgehead atoms. The monoisotopic (exact) mass is 259 g/mol. The molecule has 0 spiro atoms. The Hall–Kier alpha value is -1.21. The average Bonchev–Trinajstić information content (AvgIpc) is 2.54. The molecular weight excluding hydrogens is 246 g/mol. The van der Waals surface area contributed by atoms with Crippen molar-refractivity contribution in [2.75, 3.05) is 13.6 Å². The minimum absolute atomic E-state index is 0.00417. The summed E-state index contributed by atoms with van der Waals surface area (Å²) in [5.41, 5.74) is 0.907. The molecule has 0 unspecified atom stereocenters. The molecule has 3 N–H and O–H groups in total. The number of H-pyrrole nitrogens is 1. The predicted molar refractivity (Wildman–Crippen MR) is 65.0 cm³/mol. The lowest BCUT2D eigenvalue weighted by molar-refractivity contribution is -0.125. The second kappa shape index (κ2) is 5.76. The van der Waals surface area contributed by atoms with Crippen molar-refractivity contribution in [2.45, 2.75) is 13.3 Å². The van der Waals surface area contributed by atoms with Gasteiger partial charge in [-0.15, -0.1) is 11.3 Å². The van der Waals surface area contributed by atoms with Gasteiger partial charge >= 0.3 is 0 Å². The molecule has 7 heteroatoms. The molecule has 5 nitrogen and oxygen atoms in total. The number of carbonyl (C=O) groups excluding carboxylic acids is 2. The highest BCUT2D eigenvalue weighted by Gasteiger charge is 2.09. The molecule has 0 radical (unpaired) electrons. The Morgan fingerprint density at radius 3 is 2.62 bits per heavy atom. The number of hydrogen-bond acceptors (Lipinski definition) is 4. The first-order valence-corrected chi connectivity index (χ1v) is 5.91. The Labute approximate surface area is 102 Å². The zero-order chi connectivity index (χ0) is 12.1. The maximum Gasteiger partial charge on any atom is 0.239 e. The van der Waals surface area contributed by atoms with Crippen molar-refractivity contribution in [1.82, 2.24) is 15.6 Å². The number of aromatic nitrogens is 1. The van der Waals surface area contributed by atoms with Crippen LogP contribution in [0.15, 0.2) is 0 Å². The van der Waals surface area contributed by atoms with Gasteiger partial charge in [0.2, 0.25) is 11.8 Å². The Balaban J connectivity index is 2.49. The molecule has 0 saturated carbocycles. The number of carbonyl (C=O) groups is 2. The summed E-state index contributed by atoms with van der Waals surface area (Å²) in [5, 5.41) is 4.95. The topological polar surface area (TPSA) is 74.0 Å². The molecule has 1 aromatic rings. The summed E-state index contributed by atoms with van der Waals surface area (Å²) in [6.07, 6.45) is 0.251. The summed E-state index contributed by atoms with van der Waals surface area (Å²) in [5.74, 6) is -0.399. The van der Waals surface area contributed by atoms with Crippen molar-refractivity contribution in [3.8, 4) is 0 Å². The molecular formula is C9H13N3O2S2. The molecule has 0 aliphatic heterocycles. The van der Waals surface area contributed by atoms with Crippen molar-refractivity contribution in [3.63, 3.8) is 0 Å². The quantitative estimate of drug-likeness (QED) is 0.690. The highest BCUT2D eigenvalue weighted by molar-refractivity contribution is 7.73. The van der Waals surface area contributed by atoms with Gasteiger partial charge in [-0.3, -0.25) is 9.59 Å². The van der Waals surface area contributed by atoms with Crippen LogP contribution in [0, 0.1) is 10.9 Å². The Bertz CT molecular complexity index is 450. The zero-order valence-electron chi connectivity index (χ0n) is 9.05. The van der Waals surface area contributed by atoms with Crippen LogP contribution in [-0.4, -0.2) is 30.4 Å². The van der Waals surface area contributed by atoms with Gasteiger partial charge in [-0.25, -0.2) is 0 Å². The summed E-state index contributed by atoms with van der Waals surface area (Å²) in [6, 6.07) is 0. The van der Waals surface area contributed by atoms with Crippen LogP contribution in [-0.2, 0) is 16.0 Å². The SMILES string of the molecule is CNC(=O)CNC(=O)Cc1sc(=S)[nH]c1C. The van der Waals surface area contributed by atoms with Crippen molar-refractivity contribution in [1.29, 1.82) is 0 Å². The van der Waals surface area contributed by atoms with Gasteiger partial charge in [-0.1, -0.05) is 0 Å². The number of likely N-dealkylation sites (N-methyl/N-ethyl adjacent to an activating group) is 1. The van der Waals surface area contributed by atoms with E-state index in [1.54, 1.807) is 0 Å². The molecule has 0 atom stereocenters. The lowest BCUT2D eigenvalue weighted by Crippen LogP contribution is -2.35. The summed E-state index contributed by atoms with van der Waals surface area (Å²) in [6.45, 7) is 1.87. The number of aromatic amines is 1. The van der Waals surface area contributed by atoms with Crippen molar-refractivity contribution in [3.05, 3.63) is 14.5 Å². The van der Waals surface area contributed by atoms with Gasteiger partial charge in [0.1, 0.15) is 0 Å². The number of hydrogen-bond donors (Lipinski definition) is 3. The molecule has 0 aliphatic rings. The summed E-state index contributed by atoms with van der Waals surface area (Å²) >= 11 is 6.35. The second-order valence-corrected chi connectivity index (χ2v) is 4.96. The van der Waals surface area contributed by atoms with E-state index in [2.05, 4.69) is 15.6 Å². The normalized spacial score (nSPS) is 9.88. The summed E-state index contributed by atoms with van der Waals surface area (Å²) in [4.78, 5) is 26.2. The van der Waals surface area contributed by atoms with Gasteiger partial charge in [0, 0.05) is 17.6 Å². The highest BCUT2D eigenvalue weighted by atomic mass is 32.1. The maximum absolute atomic E-state index is 11.5. The molecule has 1 aromatic heterocycles. The van der Waals surface area contributed by atoms with Gasteiger partial charge < -0.3 is 15.6 Å². The van der Waals surface area contributed by atoms with E-state index in [9.17, 15) is 9.59 Å². The lowest BCUT2D eigenvalue weighted by atomic mass is 10.3. The summed E-state index contributed by atoms with van der Waals surface area (Å²) < 4.78 is 0.659. The van der Waals surface area contributed by atoms with E-state index in [1.165, 1.54) is 18.4 Å². The molecule has 0 aliphatic carbocycles. The fraction of sp³-hybridized carbons (Fsp3) is 0.444. The first-order chi connectivity index (χ1) is 7.52. The average molecular weight is 259 g/mol. The highest BCUT2D eigenvalue weighted by Crippen LogP contribution is 2.14. The van der Waals surface area contributed by atoms with Gasteiger partial charge in [-0.05, 0) is 19.1 Å². The largest absolute Gasteiger partial charge is 0.358 e. The van der Waals surface area contributed by atoms with Crippen LogP contribution in [0.3, 0.4) is 0 Å². The number of rotatable bonds is 4. The minimum Gasteiger partial charge on any atom is -0.358 e. The smallest absolute Gasteiger partial charge is 0.239 e. The van der Waals surface area contributed by atoms with Crippen LogP contribution < -0.4 is 10.6 Å². The number of amides is 2. The molecule has 1 heterocycles. The van der Waals surface area contributed by atoms with E-state index in [-0.39, 0.29) is 24.8 Å². The van der Waals surface area contributed by atoms with E-state index < -0.39 is 0 Å². The molecule has 88 valence electrons. The van der Waals surface area contributed by atoms with E-state index in [1.807, 2.05) is 6.92 Å². The zero-order valence-corrected chi connectivity index (χ0v) is 10.7. The minimum atomic E-state index is -0.216. The maximum atomic E-state index is 11.5. The van der Waals surface area contributed by atoms with Crippen molar-refractivity contribution >= 4 is 35.4 Å². The molecule has 0 fully saturated rings. The third-order valence-corrected chi connectivity index (χ3v) is 3.31. The number of aryl methyl sites for hydroxylation is 1. The van der Waals surface area contributed by atoms with Crippen LogP contribution in [0.5, 0.6) is 0 Å². The molecule has 16 heavy (non-hydrogen) atoms. The molecule has 2 amide bonds. The van der Waals surface area contributed by atoms with Crippen LogP contribution in [0.4, 0.5) is 0 Å². The van der Waals surface area contributed by atoms with Crippen molar-refractivity contribution in [2.24, 2.45) is 0 Å².